The first-order valence-electron chi connectivity index (χ1n) is 7.03. The van der Waals surface area contributed by atoms with Gasteiger partial charge in [-0.1, -0.05) is 18.2 Å². The van der Waals surface area contributed by atoms with Crippen LogP contribution in [0.25, 0.3) is 11.4 Å². The predicted molar refractivity (Wildman–Crippen MR) is 77.5 cm³/mol. The number of imidazole rings is 1. The van der Waals surface area contributed by atoms with Gasteiger partial charge in [-0.2, -0.15) is 28.6 Å². The van der Waals surface area contributed by atoms with Gasteiger partial charge in [0.2, 0.25) is 0 Å². The van der Waals surface area contributed by atoms with Crippen LogP contribution in [0.4, 0.5) is 13.2 Å². The first-order chi connectivity index (χ1) is 11.0. The lowest BCUT2D eigenvalue weighted by Crippen LogP contribution is -2.11. The molecular formula is C15H14F3N5. The second-order valence-electron chi connectivity index (χ2n) is 5.15. The summed E-state index contributed by atoms with van der Waals surface area (Å²) in [5, 5.41) is 10.3. The number of rotatable bonds is 5. The lowest BCUT2D eigenvalue weighted by molar-refractivity contribution is -0.127. The third-order valence-electron chi connectivity index (χ3n) is 3.38. The van der Waals surface area contributed by atoms with Crippen molar-refractivity contribution in [3.05, 3.63) is 54.1 Å². The second-order valence-corrected chi connectivity index (χ2v) is 5.15. The molecule has 0 unspecified atom stereocenters. The number of alkyl halides is 3. The Bertz CT molecular complexity index is 762. The summed E-state index contributed by atoms with van der Waals surface area (Å²) < 4.78 is 39.5. The summed E-state index contributed by atoms with van der Waals surface area (Å²) >= 11 is 0. The van der Waals surface area contributed by atoms with Gasteiger partial charge in [-0.15, -0.1) is 0 Å². The van der Waals surface area contributed by atoms with Gasteiger partial charge in [0.15, 0.2) is 0 Å². The van der Waals surface area contributed by atoms with Crippen LogP contribution in [0.5, 0.6) is 0 Å². The minimum absolute atomic E-state index is 0.223. The molecule has 0 spiro atoms. The number of nitrogens with zero attached hydrogens (tertiary/aromatic N) is 4. The molecule has 0 bridgehead atoms. The van der Waals surface area contributed by atoms with Crippen molar-refractivity contribution in [3.63, 3.8) is 0 Å². The molecule has 0 aliphatic rings. The number of hydrogen-bond donors (Lipinski definition) is 1. The van der Waals surface area contributed by atoms with Crippen molar-refractivity contribution >= 4 is 0 Å². The van der Waals surface area contributed by atoms with E-state index in [-0.39, 0.29) is 5.56 Å². The number of H-pyrrole nitrogens is 1. The number of hydrogen-bond acceptors (Lipinski definition) is 3. The number of aromatic amines is 1. The van der Waals surface area contributed by atoms with Gasteiger partial charge in [-0.3, -0.25) is 0 Å². The average Bonchev–Trinajstić information content (AvgIpc) is 3.15. The van der Waals surface area contributed by atoms with E-state index in [1.54, 1.807) is 30.7 Å². The van der Waals surface area contributed by atoms with Gasteiger partial charge in [0.25, 0.3) is 0 Å². The van der Waals surface area contributed by atoms with Gasteiger partial charge in [-0.05, 0) is 11.6 Å². The van der Waals surface area contributed by atoms with Crippen LogP contribution >= 0.6 is 0 Å². The lowest BCUT2D eigenvalue weighted by Gasteiger charge is -2.10. The molecule has 1 N–H and O–H groups in total. The van der Waals surface area contributed by atoms with E-state index in [0.717, 1.165) is 5.69 Å². The van der Waals surface area contributed by atoms with Gasteiger partial charge in [-0.25, -0.2) is 4.98 Å². The standard InChI is InChI=1S/C15H14F3N5/c16-15(17,18)9-11-2-1-3-12(8-11)14-19-5-7-23(14)6-4-13-10-20-22-21-13/h1-3,5,7-8,10H,4,6,9H2,(H,20,21,22). The molecule has 5 nitrogen and oxygen atoms in total. The Morgan fingerprint density at radius 2 is 2.09 bits per heavy atom. The summed E-state index contributed by atoms with van der Waals surface area (Å²) in [4.78, 5) is 4.26. The Labute approximate surface area is 130 Å². The van der Waals surface area contributed by atoms with E-state index in [1.807, 2.05) is 4.57 Å². The fraction of sp³-hybridized carbons (Fsp3) is 0.267. The fourth-order valence-corrected chi connectivity index (χ4v) is 2.38. The fourth-order valence-electron chi connectivity index (χ4n) is 2.38. The summed E-state index contributed by atoms with van der Waals surface area (Å²) in [6.07, 6.45) is 0.560. The summed E-state index contributed by atoms with van der Waals surface area (Å²) in [7, 11) is 0. The van der Waals surface area contributed by atoms with Crippen molar-refractivity contribution in [2.24, 2.45) is 0 Å². The largest absolute Gasteiger partial charge is 0.393 e. The molecule has 8 heteroatoms. The molecular weight excluding hydrogens is 307 g/mol. The van der Waals surface area contributed by atoms with Crippen molar-refractivity contribution in [2.75, 3.05) is 0 Å². The number of halogens is 3. The summed E-state index contributed by atoms with van der Waals surface area (Å²) in [5.41, 5.74) is 1.70. The Hall–Kier alpha value is -2.64. The quantitative estimate of drug-likeness (QED) is 0.786. The van der Waals surface area contributed by atoms with Crippen LogP contribution in [0.3, 0.4) is 0 Å². The highest BCUT2D eigenvalue weighted by molar-refractivity contribution is 5.56. The highest BCUT2D eigenvalue weighted by Gasteiger charge is 2.27. The minimum Gasteiger partial charge on any atom is -0.331 e. The van der Waals surface area contributed by atoms with Crippen molar-refractivity contribution < 1.29 is 13.2 Å². The molecule has 0 fully saturated rings. The molecule has 0 aliphatic heterocycles. The van der Waals surface area contributed by atoms with Crippen molar-refractivity contribution in [1.29, 1.82) is 0 Å². The Morgan fingerprint density at radius 1 is 1.22 bits per heavy atom. The number of benzene rings is 1. The van der Waals surface area contributed by atoms with Gasteiger partial charge in [0.05, 0.1) is 18.3 Å². The SMILES string of the molecule is FC(F)(F)Cc1cccc(-c2nccn2CCc2cn[nH]n2)c1. The van der Waals surface area contributed by atoms with Crippen molar-refractivity contribution in [1.82, 2.24) is 25.0 Å². The Kier molecular flexibility index (Phi) is 4.14. The Balaban J connectivity index is 1.79. The Morgan fingerprint density at radius 3 is 2.83 bits per heavy atom. The van der Waals surface area contributed by atoms with Crippen LogP contribution in [-0.4, -0.2) is 31.1 Å². The molecule has 1 aromatic carbocycles. The smallest absolute Gasteiger partial charge is 0.331 e. The lowest BCUT2D eigenvalue weighted by atomic mass is 10.1. The molecule has 23 heavy (non-hydrogen) atoms. The maximum absolute atomic E-state index is 12.5. The third kappa shape index (κ3) is 3.97. The highest BCUT2D eigenvalue weighted by atomic mass is 19.4. The van der Waals surface area contributed by atoms with E-state index in [0.29, 0.717) is 24.4 Å². The minimum atomic E-state index is -4.22. The summed E-state index contributed by atoms with van der Waals surface area (Å²) in [6.45, 7) is 0.616. The van der Waals surface area contributed by atoms with Crippen LogP contribution in [0.2, 0.25) is 0 Å². The molecule has 0 saturated heterocycles. The zero-order chi connectivity index (χ0) is 16.3. The molecule has 0 atom stereocenters. The van der Waals surface area contributed by atoms with Gasteiger partial charge in [0, 0.05) is 30.9 Å². The first-order valence-corrected chi connectivity index (χ1v) is 7.03. The normalized spacial score (nSPS) is 11.8. The van der Waals surface area contributed by atoms with E-state index in [2.05, 4.69) is 20.4 Å². The number of nitrogens with one attached hydrogen (secondary N) is 1. The summed E-state index contributed by atoms with van der Waals surface area (Å²) in [5.74, 6) is 0.637. The van der Waals surface area contributed by atoms with Crippen molar-refractivity contribution in [2.45, 2.75) is 25.6 Å². The monoisotopic (exact) mass is 321 g/mol. The molecule has 0 amide bonds. The second kappa shape index (κ2) is 6.23. The molecule has 0 radical (unpaired) electrons. The topological polar surface area (TPSA) is 59.4 Å². The van der Waals surface area contributed by atoms with Gasteiger partial charge in [0.1, 0.15) is 5.82 Å². The highest BCUT2D eigenvalue weighted by Crippen LogP contribution is 2.25. The average molecular weight is 321 g/mol. The molecule has 2 heterocycles. The predicted octanol–water partition coefficient (Wildman–Crippen LogP) is 3.02. The van der Waals surface area contributed by atoms with Crippen LogP contribution in [0.15, 0.2) is 42.9 Å². The van der Waals surface area contributed by atoms with E-state index >= 15 is 0 Å². The van der Waals surface area contributed by atoms with E-state index in [1.165, 1.54) is 12.1 Å². The maximum Gasteiger partial charge on any atom is 0.393 e. The molecule has 120 valence electrons. The van der Waals surface area contributed by atoms with Crippen LogP contribution < -0.4 is 0 Å². The van der Waals surface area contributed by atoms with Gasteiger partial charge < -0.3 is 4.57 Å². The van der Waals surface area contributed by atoms with Crippen LogP contribution in [0, 0.1) is 0 Å². The van der Waals surface area contributed by atoms with E-state index < -0.39 is 12.6 Å². The summed E-state index contributed by atoms with van der Waals surface area (Å²) in [6, 6.07) is 6.38. The molecule has 0 aliphatic carbocycles. The maximum atomic E-state index is 12.5. The molecule has 2 aromatic heterocycles. The number of aromatic nitrogens is 5. The van der Waals surface area contributed by atoms with E-state index in [4.69, 9.17) is 0 Å². The molecule has 0 saturated carbocycles. The molecule has 3 aromatic rings. The first kappa shape index (κ1) is 15.3. The van der Waals surface area contributed by atoms with Crippen molar-refractivity contribution in [3.8, 4) is 11.4 Å². The zero-order valence-electron chi connectivity index (χ0n) is 12.1. The third-order valence-corrected chi connectivity index (χ3v) is 3.38. The van der Waals surface area contributed by atoms with Crippen LogP contribution in [-0.2, 0) is 19.4 Å². The van der Waals surface area contributed by atoms with Crippen LogP contribution in [0.1, 0.15) is 11.3 Å². The number of aryl methyl sites for hydroxylation is 2. The van der Waals surface area contributed by atoms with E-state index in [9.17, 15) is 13.2 Å². The van der Waals surface area contributed by atoms with Gasteiger partial charge >= 0.3 is 6.18 Å². The zero-order valence-corrected chi connectivity index (χ0v) is 12.1. The molecule has 3 rings (SSSR count).